The second-order valence-corrected chi connectivity index (χ2v) is 4.56. The fraction of sp³-hybridized carbons (Fsp3) is 0.222. The molecule has 0 saturated carbocycles. The van der Waals surface area contributed by atoms with E-state index in [0.717, 1.165) is 30.8 Å². The Kier molecular flexibility index (Phi) is 5.87. The van der Waals surface area contributed by atoms with Gasteiger partial charge in [-0.05, 0) is 24.6 Å². The molecular weight excluding hydrogens is 246 g/mol. The van der Waals surface area contributed by atoms with Gasteiger partial charge in [0.05, 0.1) is 6.61 Å². The van der Waals surface area contributed by atoms with Crippen LogP contribution in [0.5, 0.6) is 5.75 Å². The van der Waals surface area contributed by atoms with Crippen molar-refractivity contribution >= 4 is 0 Å². The van der Waals surface area contributed by atoms with Crippen LogP contribution in [0.15, 0.2) is 67.3 Å². The first-order valence-corrected chi connectivity index (χ1v) is 7.00. The molecule has 0 aliphatic carbocycles. The van der Waals surface area contributed by atoms with Crippen molar-refractivity contribution < 1.29 is 4.74 Å². The first-order chi connectivity index (χ1) is 9.92. The van der Waals surface area contributed by atoms with E-state index in [2.05, 4.69) is 30.1 Å². The molecule has 0 aromatic heterocycles. The van der Waals surface area contributed by atoms with Crippen LogP contribution in [0.2, 0.25) is 0 Å². The summed E-state index contributed by atoms with van der Waals surface area (Å²) in [5, 5.41) is 3.27. The zero-order valence-corrected chi connectivity index (χ0v) is 11.7. The predicted molar refractivity (Wildman–Crippen MR) is 85.1 cm³/mol. The van der Waals surface area contributed by atoms with E-state index in [1.165, 1.54) is 5.56 Å². The summed E-state index contributed by atoms with van der Waals surface area (Å²) in [7, 11) is 0. The fourth-order valence-corrected chi connectivity index (χ4v) is 2.03. The third-order valence-electron chi connectivity index (χ3n) is 3.02. The molecule has 0 heterocycles. The van der Waals surface area contributed by atoms with Crippen LogP contribution < -0.4 is 10.1 Å². The predicted octanol–water partition coefficient (Wildman–Crippen LogP) is 3.90. The average Bonchev–Trinajstić information content (AvgIpc) is 2.52. The standard InChI is InChI=1S/C18H21NO/c1-2-13-19-14-8-15-20-18-12-7-6-11-17(18)16-9-4-3-5-10-16/h2-7,9-12,19H,1,8,13-15H2. The molecule has 0 aliphatic rings. The lowest BCUT2D eigenvalue weighted by Gasteiger charge is -2.11. The van der Waals surface area contributed by atoms with E-state index in [9.17, 15) is 0 Å². The second kappa shape index (κ2) is 8.18. The first kappa shape index (κ1) is 14.4. The minimum Gasteiger partial charge on any atom is -0.493 e. The lowest BCUT2D eigenvalue weighted by atomic mass is 10.1. The van der Waals surface area contributed by atoms with E-state index in [1.54, 1.807) is 0 Å². The number of nitrogens with one attached hydrogen (secondary N) is 1. The third-order valence-corrected chi connectivity index (χ3v) is 3.02. The van der Waals surface area contributed by atoms with Crippen LogP contribution in [0.25, 0.3) is 11.1 Å². The maximum absolute atomic E-state index is 5.91. The van der Waals surface area contributed by atoms with Crippen LogP contribution in [0, 0.1) is 0 Å². The van der Waals surface area contributed by atoms with Crippen molar-refractivity contribution in [2.24, 2.45) is 0 Å². The molecule has 2 rings (SSSR count). The highest BCUT2D eigenvalue weighted by molar-refractivity contribution is 5.70. The number of rotatable bonds is 8. The van der Waals surface area contributed by atoms with Gasteiger partial charge in [-0.3, -0.25) is 0 Å². The quantitative estimate of drug-likeness (QED) is 0.578. The maximum atomic E-state index is 5.91. The van der Waals surface area contributed by atoms with Crippen LogP contribution in [0.1, 0.15) is 6.42 Å². The van der Waals surface area contributed by atoms with Gasteiger partial charge in [0, 0.05) is 12.1 Å². The number of hydrogen-bond donors (Lipinski definition) is 1. The molecule has 20 heavy (non-hydrogen) atoms. The smallest absolute Gasteiger partial charge is 0.127 e. The van der Waals surface area contributed by atoms with Crippen molar-refractivity contribution in [1.29, 1.82) is 0 Å². The molecule has 2 heteroatoms. The second-order valence-electron chi connectivity index (χ2n) is 4.56. The fourth-order valence-electron chi connectivity index (χ4n) is 2.03. The highest BCUT2D eigenvalue weighted by Crippen LogP contribution is 2.29. The first-order valence-electron chi connectivity index (χ1n) is 7.00. The highest BCUT2D eigenvalue weighted by Gasteiger charge is 2.04. The van der Waals surface area contributed by atoms with Crippen molar-refractivity contribution in [1.82, 2.24) is 5.32 Å². The van der Waals surface area contributed by atoms with Gasteiger partial charge in [0.2, 0.25) is 0 Å². The number of benzene rings is 2. The molecule has 0 bridgehead atoms. The van der Waals surface area contributed by atoms with Crippen molar-refractivity contribution in [2.75, 3.05) is 19.7 Å². The molecule has 0 saturated heterocycles. The summed E-state index contributed by atoms with van der Waals surface area (Å²) >= 11 is 0. The molecule has 0 unspecified atom stereocenters. The van der Waals surface area contributed by atoms with Gasteiger partial charge in [-0.2, -0.15) is 0 Å². The summed E-state index contributed by atoms with van der Waals surface area (Å²) in [6, 6.07) is 18.5. The van der Waals surface area contributed by atoms with Crippen LogP contribution in [-0.2, 0) is 0 Å². The Hall–Kier alpha value is -2.06. The van der Waals surface area contributed by atoms with Gasteiger partial charge in [0.15, 0.2) is 0 Å². The van der Waals surface area contributed by atoms with E-state index in [-0.39, 0.29) is 0 Å². The highest BCUT2D eigenvalue weighted by atomic mass is 16.5. The van der Waals surface area contributed by atoms with Crippen molar-refractivity contribution in [3.63, 3.8) is 0 Å². The minimum absolute atomic E-state index is 0.716. The van der Waals surface area contributed by atoms with Crippen LogP contribution in [0.4, 0.5) is 0 Å². The summed E-state index contributed by atoms with van der Waals surface area (Å²) in [4.78, 5) is 0. The normalized spacial score (nSPS) is 10.2. The van der Waals surface area contributed by atoms with E-state index in [4.69, 9.17) is 4.74 Å². The van der Waals surface area contributed by atoms with Crippen LogP contribution in [-0.4, -0.2) is 19.7 Å². The molecule has 2 aromatic carbocycles. The largest absolute Gasteiger partial charge is 0.493 e. The van der Waals surface area contributed by atoms with Gasteiger partial charge >= 0.3 is 0 Å². The topological polar surface area (TPSA) is 21.3 Å². The molecular formula is C18H21NO. The Morgan fingerprint density at radius 2 is 1.75 bits per heavy atom. The molecule has 2 aromatic rings. The lowest BCUT2D eigenvalue weighted by molar-refractivity contribution is 0.310. The summed E-state index contributed by atoms with van der Waals surface area (Å²) in [6.07, 6.45) is 2.85. The zero-order chi connectivity index (χ0) is 14.0. The Balaban J connectivity index is 1.93. The Morgan fingerprint density at radius 1 is 1.00 bits per heavy atom. The minimum atomic E-state index is 0.716. The van der Waals surface area contributed by atoms with E-state index < -0.39 is 0 Å². The molecule has 0 fully saturated rings. The van der Waals surface area contributed by atoms with Gasteiger partial charge in [-0.15, -0.1) is 6.58 Å². The Bertz CT molecular complexity index is 522. The average molecular weight is 267 g/mol. The van der Waals surface area contributed by atoms with Gasteiger partial charge in [0.1, 0.15) is 5.75 Å². The monoisotopic (exact) mass is 267 g/mol. The molecule has 0 amide bonds. The maximum Gasteiger partial charge on any atom is 0.127 e. The summed E-state index contributed by atoms with van der Waals surface area (Å²) in [5.41, 5.74) is 2.33. The van der Waals surface area contributed by atoms with E-state index in [0.29, 0.717) is 6.61 Å². The number of para-hydroxylation sites is 1. The van der Waals surface area contributed by atoms with Gasteiger partial charge < -0.3 is 10.1 Å². The van der Waals surface area contributed by atoms with Crippen molar-refractivity contribution in [2.45, 2.75) is 6.42 Å². The SMILES string of the molecule is C=CCNCCCOc1ccccc1-c1ccccc1. The Labute approximate surface area is 121 Å². The van der Waals surface area contributed by atoms with Gasteiger partial charge in [-0.25, -0.2) is 0 Å². The van der Waals surface area contributed by atoms with Crippen LogP contribution in [0.3, 0.4) is 0 Å². The van der Waals surface area contributed by atoms with Crippen LogP contribution >= 0.6 is 0 Å². The molecule has 104 valence electrons. The number of ether oxygens (including phenoxy) is 1. The van der Waals surface area contributed by atoms with E-state index in [1.807, 2.05) is 42.5 Å². The summed E-state index contributed by atoms with van der Waals surface area (Å²) in [6.45, 7) is 6.19. The zero-order valence-electron chi connectivity index (χ0n) is 11.7. The molecule has 2 nitrogen and oxygen atoms in total. The number of hydrogen-bond acceptors (Lipinski definition) is 2. The molecule has 0 atom stereocenters. The lowest BCUT2D eigenvalue weighted by Crippen LogP contribution is -2.17. The molecule has 0 aliphatic heterocycles. The summed E-state index contributed by atoms with van der Waals surface area (Å²) in [5.74, 6) is 0.947. The molecule has 0 radical (unpaired) electrons. The van der Waals surface area contributed by atoms with Gasteiger partial charge in [0.25, 0.3) is 0 Å². The van der Waals surface area contributed by atoms with Crippen molar-refractivity contribution in [3.8, 4) is 16.9 Å². The Morgan fingerprint density at radius 3 is 2.55 bits per heavy atom. The van der Waals surface area contributed by atoms with E-state index >= 15 is 0 Å². The van der Waals surface area contributed by atoms with Crippen molar-refractivity contribution in [3.05, 3.63) is 67.3 Å². The molecule has 1 N–H and O–H groups in total. The third kappa shape index (κ3) is 4.25. The molecule has 0 spiro atoms. The summed E-state index contributed by atoms with van der Waals surface area (Å²) < 4.78 is 5.91. The van der Waals surface area contributed by atoms with Gasteiger partial charge in [-0.1, -0.05) is 54.6 Å².